The molecule has 1 amide bonds. The lowest BCUT2D eigenvalue weighted by Gasteiger charge is -2.23. The first kappa shape index (κ1) is 20.4. The van der Waals surface area contributed by atoms with Gasteiger partial charge < -0.3 is 14.5 Å². The molecule has 4 aromatic rings. The molecule has 0 atom stereocenters. The minimum atomic E-state index is -0.156. The number of carbonyl (C=O) groups is 1. The van der Waals surface area contributed by atoms with Crippen molar-refractivity contribution in [3.63, 3.8) is 0 Å². The Morgan fingerprint density at radius 1 is 1.19 bits per heavy atom. The quantitative estimate of drug-likeness (QED) is 0.520. The normalized spacial score (nSPS) is 14.7. The van der Waals surface area contributed by atoms with Gasteiger partial charge in [0, 0.05) is 49.9 Å². The van der Waals surface area contributed by atoms with Crippen LogP contribution in [-0.4, -0.2) is 45.1 Å². The molecule has 1 saturated heterocycles. The number of benzene rings is 1. The van der Waals surface area contributed by atoms with Gasteiger partial charge in [0.15, 0.2) is 5.58 Å². The van der Waals surface area contributed by atoms with Crippen LogP contribution in [0.4, 0.5) is 0 Å². The van der Waals surface area contributed by atoms with Crippen molar-refractivity contribution in [3.05, 3.63) is 65.2 Å². The summed E-state index contributed by atoms with van der Waals surface area (Å²) in [5, 5.41) is 11.2. The van der Waals surface area contributed by atoms with E-state index in [2.05, 4.69) is 32.7 Å². The smallest absolute Gasteiger partial charge is 0.270 e. The number of furan rings is 1. The van der Waals surface area contributed by atoms with E-state index in [1.807, 2.05) is 44.4 Å². The van der Waals surface area contributed by atoms with Gasteiger partial charge in [-0.1, -0.05) is 29.5 Å². The molecule has 0 unspecified atom stereocenters. The van der Waals surface area contributed by atoms with Gasteiger partial charge in [-0.3, -0.25) is 9.48 Å². The summed E-state index contributed by atoms with van der Waals surface area (Å²) in [6, 6.07) is 12.0. The maximum atomic E-state index is 12.9. The number of aryl methyl sites for hydroxylation is 2. The maximum absolute atomic E-state index is 12.9. The molecule has 164 valence electrons. The molecule has 1 aliphatic heterocycles. The summed E-state index contributed by atoms with van der Waals surface area (Å²) >= 11 is 0. The van der Waals surface area contributed by atoms with Crippen LogP contribution in [0.3, 0.4) is 0 Å². The van der Waals surface area contributed by atoms with Crippen LogP contribution in [0.2, 0.25) is 0 Å². The van der Waals surface area contributed by atoms with Crippen molar-refractivity contribution in [2.45, 2.75) is 32.2 Å². The topological polar surface area (TPSA) is 95.1 Å². The number of ether oxygens (including phenoxy) is 1. The zero-order valence-corrected chi connectivity index (χ0v) is 18.2. The van der Waals surface area contributed by atoms with Crippen LogP contribution in [-0.2, 0) is 18.2 Å². The third-order valence-corrected chi connectivity index (χ3v) is 5.72. The molecule has 32 heavy (non-hydrogen) atoms. The minimum Gasteiger partial charge on any atom is -0.459 e. The van der Waals surface area contributed by atoms with E-state index in [-0.39, 0.29) is 11.9 Å². The molecule has 3 aromatic heterocycles. The van der Waals surface area contributed by atoms with Crippen LogP contribution in [0.1, 0.15) is 40.2 Å². The number of nitrogens with zero attached hydrogens (tertiary/aromatic N) is 4. The van der Waals surface area contributed by atoms with Crippen LogP contribution >= 0.6 is 0 Å². The molecule has 0 saturated carbocycles. The molecule has 8 nitrogen and oxygen atoms in total. The van der Waals surface area contributed by atoms with Crippen molar-refractivity contribution >= 4 is 17.0 Å². The standard InChI is InChI=1S/C24H25N5O3/c1-15-11-20-23(32-15)18(13-21(26-20)24(30)25-19-7-9-31-10-8-19)12-16-3-5-17(6-4-16)22-14-29(2)28-27-22/h3-6,11,13-14,19H,7-10,12H2,1-2H3,(H,25,30). The molecule has 1 aromatic carbocycles. The van der Waals surface area contributed by atoms with E-state index in [4.69, 9.17) is 9.15 Å². The van der Waals surface area contributed by atoms with Crippen molar-refractivity contribution in [1.29, 1.82) is 0 Å². The van der Waals surface area contributed by atoms with Crippen LogP contribution in [0.15, 0.2) is 47.0 Å². The van der Waals surface area contributed by atoms with E-state index < -0.39 is 0 Å². The zero-order chi connectivity index (χ0) is 22.1. The van der Waals surface area contributed by atoms with Gasteiger partial charge >= 0.3 is 0 Å². The molecular formula is C24H25N5O3. The zero-order valence-electron chi connectivity index (χ0n) is 18.2. The van der Waals surface area contributed by atoms with Gasteiger partial charge in [0.05, 0.1) is 6.20 Å². The Hall–Kier alpha value is -3.52. The highest BCUT2D eigenvalue weighted by Crippen LogP contribution is 2.26. The molecule has 1 fully saturated rings. The molecule has 5 rings (SSSR count). The first-order chi connectivity index (χ1) is 15.5. The monoisotopic (exact) mass is 431 g/mol. The highest BCUT2D eigenvalue weighted by molar-refractivity contribution is 5.95. The second kappa shape index (κ2) is 8.55. The number of nitrogens with one attached hydrogen (secondary N) is 1. The van der Waals surface area contributed by atoms with E-state index in [9.17, 15) is 4.79 Å². The fourth-order valence-corrected chi connectivity index (χ4v) is 4.05. The van der Waals surface area contributed by atoms with E-state index in [0.29, 0.717) is 30.8 Å². The molecular weight excluding hydrogens is 406 g/mol. The molecule has 0 spiro atoms. The molecule has 4 heterocycles. The summed E-state index contributed by atoms with van der Waals surface area (Å²) in [6.45, 7) is 3.24. The number of rotatable bonds is 5. The number of amides is 1. The Kier molecular flexibility index (Phi) is 5.45. The molecule has 0 radical (unpaired) electrons. The average molecular weight is 431 g/mol. The SMILES string of the molecule is Cc1cc2nc(C(=O)NC3CCOCC3)cc(Cc3ccc(-c4cn(C)nn4)cc3)c2o1. The molecule has 8 heteroatoms. The van der Waals surface area contributed by atoms with Crippen molar-refractivity contribution in [3.8, 4) is 11.3 Å². The van der Waals surface area contributed by atoms with E-state index in [1.54, 1.807) is 4.68 Å². The van der Waals surface area contributed by atoms with Crippen molar-refractivity contribution in [2.75, 3.05) is 13.2 Å². The largest absolute Gasteiger partial charge is 0.459 e. The van der Waals surface area contributed by atoms with Crippen molar-refractivity contribution in [1.82, 2.24) is 25.3 Å². The fraction of sp³-hybridized carbons (Fsp3) is 0.333. The lowest BCUT2D eigenvalue weighted by molar-refractivity contribution is 0.0694. The third-order valence-electron chi connectivity index (χ3n) is 5.72. The average Bonchev–Trinajstić information content (AvgIpc) is 3.40. The fourth-order valence-electron chi connectivity index (χ4n) is 4.05. The Bertz CT molecular complexity index is 1250. The van der Waals surface area contributed by atoms with Crippen LogP contribution in [0.5, 0.6) is 0 Å². The van der Waals surface area contributed by atoms with Gasteiger partial charge in [-0.25, -0.2) is 4.98 Å². The third kappa shape index (κ3) is 4.27. The number of aromatic nitrogens is 4. The summed E-state index contributed by atoms with van der Waals surface area (Å²) in [7, 11) is 1.85. The van der Waals surface area contributed by atoms with Gasteiger partial charge in [-0.05, 0) is 31.4 Å². The van der Waals surface area contributed by atoms with Gasteiger partial charge in [0.25, 0.3) is 5.91 Å². The second-order valence-electron chi connectivity index (χ2n) is 8.25. The summed E-state index contributed by atoms with van der Waals surface area (Å²) in [4.78, 5) is 17.5. The predicted molar refractivity (Wildman–Crippen MR) is 119 cm³/mol. The molecule has 0 aliphatic carbocycles. The van der Waals surface area contributed by atoms with E-state index >= 15 is 0 Å². The van der Waals surface area contributed by atoms with Crippen LogP contribution in [0, 0.1) is 6.92 Å². The Labute approximate surface area is 185 Å². The van der Waals surface area contributed by atoms with E-state index in [1.165, 1.54) is 0 Å². The first-order valence-electron chi connectivity index (χ1n) is 10.8. The summed E-state index contributed by atoms with van der Waals surface area (Å²) < 4.78 is 13.0. The molecule has 1 aliphatic rings. The minimum absolute atomic E-state index is 0.122. The predicted octanol–water partition coefficient (Wildman–Crippen LogP) is 3.43. The lowest BCUT2D eigenvalue weighted by atomic mass is 10.0. The number of fused-ring (bicyclic) bond motifs is 1. The highest BCUT2D eigenvalue weighted by Gasteiger charge is 2.20. The summed E-state index contributed by atoms with van der Waals surface area (Å²) in [5.74, 6) is 0.616. The maximum Gasteiger partial charge on any atom is 0.270 e. The number of pyridine rings is 1. The second-order valence-corrected chi connectivity index (χ2v) is 8.25. The van der Waals surface area contributed by atoms with Gasteiger partial charge in [-0.15, -0.1) is 5.10 Å². The molecule has 1 N–H and O–H groups in total. The summed E-state index contributed by atoms with van der Waals surface area (Å²) in [6.07, 6.45) is 4.16. The Morgan fingerprint density at radius 2 is 1.97 bits per heavy atom. The van der Waals surface area contributed by atoms with Crippen LogP contribution < -0.4 is 5.32 Å². The Morgan fingerprint density at radius 3 is 2.69 bits per heavy atom. The van der Waals surface area contributed by atoms with Gasteiger partial charge in [-0.2, -0.15) is 0 Å². The van der Waals surface area contributed by atoms with Crippen molar-refractivity contribution < 1.29 is 13.9 Å². The highest BCUT2D eigenvalue weighted by atomic mass is 16.5. The number of hydrogen-bond donors (Lipinski definition) is 1. The lowest BCUT2D eigenvalue weighted by Crippen LogP contribution is -2.39. The van der Waals surface area contributed by atoms with E-state index in [0.717, 1.165) is 46.6 Å². The molecule has 0 bridgehead atoms. The first-order valence-corrected chi connectivity index (χ1v) is 10.8. The van der Waals surface area contributed by atoms with Gasteiger partial charge in [0.1, 0.15) is 22.7 Å². The van der Waals surface area contributed by atoms with Crippen molar-refractivity contribution in [2.24, 2.45) is 7.05 Å². The van der Waals surface area contributed by atoms with Gasteiger partial charge in [0.2, 0.25) is 0 Å². The Balaban J connectivity index is 1.41. The van der Waals surface area contributed by atoms with Crippen LogP contribution in [0.25, 0.3) is 22.4 Å². The number of carbonyl (C=O) groups excluding carboxylic acids is 1. The number of hydrogen-bond acceptors (Lipinski definition) is 6. The summed E-state index contributed by atoms with van der Waals surface area (Å²) in [5.41, 5.74) is 5.72.